The molecule has 8 nitrogen and oxygen atoms in total. The third-order valence-corrected chi connectivity index (χ3v) is 4.10. The van der Waals surface area contributed by atoms with E-state index < -0.39 is 11.2 Å². The fourth-order valence-electron chi connectivity index (χ4n) is 2.78. The molecule has 0 radical (unpaired) electrons. The second-order valence-corrected chi connectivity index (χ2v) is 5.60. The lowest BCUT2D eigenvalue weighted by Crippen LogP contribution is -2.37. The monoisotopic (exact) mass is 322 g/mol. The molecule has 4 rings (SSSR count). The van der Waals surface area contributed by atoms with Gasteiger partial charge in [0.15, 0.2) is 5.65 Å². The maximum atomic E-state index is 12.4. The fraction of sp³-hybridized carbons (Fsp3) is 0.125. The van der Waals surface area contributed by atoms with Crippen molar-refractivity contribution in [3.05, 3.63) is 51.2 Å². The van der Waals surface area contributed by atoms with Gasteiger partial charge < -0.3 is 10.7 Å². The summed E-state index contributed by atoms with van der Waals surface area (Å²) in [5.74, 6) is 0.726. The Kier molecular flexibility index (Phi) is 2.83. The zero-order valence-electron chi connectivity index (χ0n) is 13.1. The van der Waals surface area contributed by atoms with E-state index in [-0.39, 0.29) is 11.5 Å². The van der Waals surface area contributed by atoms with Crippen molar-refractivity contribution in [2.45, 2.75) is 0 Å². The molecule has 0 aliphatic heterocycles. The van der Waals surface area contributed by atoms with Gasteiger partial charge in [0.1, 0.15) is 11.6 Å². The van der Waals surface area contributed by atoms with Crippen LogP contribution < -0.4 is 17.0 Å². The number of nitrogen functional groups attached to an aromatic ring is 1. The van der Waals surface area contributed by atoms with Crippen LogP contribution in [0.3, 0.4) is 0 Å². The van der Waals surface area contributed by atoms with Gasteiger partial charge in [-0.1, -0.05) is 12.1 Å². The van der Waals surface area contributed by atoms with Gasteiger partial charge in [0.05, 0.1) is 22.0 Å². The Bertz CT molecular complexity index is 1200. The fourth-order valence-corrected chi connectivity index (χ4v) is 2.78. The molecule has 0 spiro atoms. The quantitative estimate of drug-likeness (QED) is 0.537. The van der Waals surface area contributed by atoms with Crippen molar-refractivity contribution in [1.29, 1.82) is 0 Å². The molecule has 0 aliphatic carbocycles. The van der Waals surface area contributed by atoms with Crippen LogP contribution in [0.2, 0.25) is 0 Å². The highest BCUT2D eigenvalue weighted by Crippen LogP contribution is 2.26. The van der Waals surface area contributed by atoms with E-state index in [0.717, 1.165) is 15.6 Å². The number of imidazole rings is 1. The maximum Gasteiger partial charge on any atom is 0.332 e. The van der Waals surface area contributed by atoms with E-state index in [1.165, 1.54) is 11.6 Å². The first-order valence-corrected chi connectivity index (χ1v) is 7.28. The van der Waals surface area contributed by atoms with E-state index in [9.17, 15) is 9.59 Å². The van der Waals surface area contributed by atoms with Crippen molar-refractivity contribution in [3.8, 4) is 11.4 Å². The third-order valence-electron chi connectivity index (χ3n) is 4.10. The number of aryl methyl sites for hydroxylation is 1. The first-order chi connectivity index (χ1) is 11.5. The average Bonchev–Trinajstić information content (AvgIpc) is 3.01. The summed E-state index contributed by atoms with van der Waals surface area (Å²) in [5.41, 5.74) is 7.61. The molecular formula is C16H14N6O2. The summed E-state index contributed by atoms with van der Waals surface area (Å²) in [4.78, 5) is 36.3. The van der Waals surface area contributed by atoms with E-state index in [1.54, 1.807) is 13.1 Å². The number of aromatic nitrogens is 5. The van der Waals surface area contributed by atoms with Gasteiger partial charge in [-0.3, -0.25) is 13.9 Å². The number of nitrogens with two attached hydrogens (primary N) is 1. The van der Waals surface area contributed by atoms with Gasteiger partial charge in [-0.25, -0.2) is 14.8 Å². The molecule has 0 atom stereocenters. The van der Waals surface area contributed by atoms with E-state index in [4.69, 9.17) is 5.73 Å². The molecule has 8 heteroatoms. The van der Waals surface area contributed by atoms with Gasteiger partial charge in [-0.2, -0.15) is 0 Å². The number of para-hydroxylation sites is 2. The number of benzene rings is 1. The largest absolute Gasteiger partial charge is 0.383 e. The predicted octanol–water partition coefficient (Wildman–Crippen LogP) is 0.758. The number of pyridine rings is 1. The van der Waals surface area contributed by atoms with Crippen LogP contribution in [-0.4, -0.2) is 24.1 Å². The summed E-state index contributed by atoms with van der Waals surface area (Å²) in [6.45, 7) is 0. The van der Waals surface area contributed by atoms with Crippen LogP contribution in [0.25, 0.3) is 33.5 Å². The number of aromatic amines is 1. The van der Waals surface area contributed by atoms with E-state index >= 15 is 0 Å². The Balaban J connectivity index is 2.08. The third kappa shape index (κ3) is 1.86. The van der Waals surface area contributed by atoms with Gasteiger partial charge in [-0.15, -0.1) is 0 Å². The summed E-state index contributed by atoms with van der Waals surface area (Å²) in [6.07, 6.45) is 0. The molecule has 0 amide bonds. The van der Waals surface area contributed by atoms with Gasteiger partial charge in [-0.05, 0) is 18.2 Å². The molecule has 0 saturated heterocycles. The zero-order valence-corrected chi connectivity index (χ0v) is 13.1. The summed E-state index contributed by atoms with van der Waals surface area (Å²) < 4.78 is 2.35. The van der Waals surface area contributed by atoms with Gasteiger partial charge in [0.25, 0.3) is 5.56 Å². The number of nitrogens with one attached hydrogen (secondary N) is 1. The highest BCUT2D eigenvalue weighted by atomic mass is 16.2. The maximum absolute atomic E-state index is 12.4. The summed E-state index contributed by atoms with van der Waals surface area (Å²) in [7, 11) is 2.98. The average molecular weight is 322 g/mol. The predicted molar refractivity (Wildman–Crippen MR) is 91.7 cm³/mol. The Hall–Kier alpha value is -3.42. The van der Waals surface area contributed by atoms with Crippen LogP contribution in [0, 0.1) is 0 Å². The van der Waals surface area contributed by atoms with Crippen LogP contribution in [0.1, 0.15) is 0 Å². The Morgan fingerprint density at radius 2 is 1.83 bits per heavy atom. The molecule has 0 fully saturated rings. The van der Waals surface area contributed by atoms with Gasteiger partial charge in [0.2, 0.25) is 0 Å². The molecule has 3 heterocycles. The van der Waals surface area contributed by atoms with E-state index in [1.807, 2.05) is 24.3 Å². The molecule has 3 aromatic heterocycles. The van der Waals surface area contributed by atoms with Crippen LogP contribution in [0.15, 0.2) is 39.9 Å². The highest BCUT2D eigenvalue weighted by molar-refractivity contribution is 5.87. The smallest absolute Gasteiger partial charge is 0.332 e. The topological polar surface area (TPSA) is 112 Å². The van der Waals surface area contributed by atoms with E-state index in [2.05, 4.69) is 15.0 Å². The summed E-state index contributed by atoms with van der Waals surface area (Å²) >= 11 is 0. The lowest BCUT2D eigenvalue weighted by molar-refractivity contribution is 0.708. The second kappa shape index (κ2) is 4.79. The number of hydrogen-bond acceptors (Lipinski definition) is 5. The molecule has 0 aliphatic rings. The first-order valence-electron chi connectivity index (χ1n) is 7.28. The second-order valence-electron chi connectivity index (χ2n) is 5.60. The van der Waals surface area contributed by atoms with Crippen molar-refractivity contribution in [1.82, 2.24) is 24.1 Å². The lowest BCUT2D eigenvalue weighted by atomic mass is 10.2. The molecular weight excluding hydrogens is 308 g/mol. The Morgan fingerprint density at radius 1 is 1.08 bits per heavy atom. The van der Waals surface area contributed by atoms with Crippen LogP contribution in [0.4, 0.5) is 5.82 Å². The first kappa shape index (κ1) is 14.2. The molecule has 3 N–H and O–H groups in total. The van der Waals surface area contributed by atoms with Gasteiger partial charge >= 0.3 is 5.69 Å². The molecule has 120 valence electrons. The van der Waals surface area contributed by atoms with Crippen molar-refractivity contribution in [2.24, 2.45) is 14.1 Å². The minimum absolute atomic E-state index is 0.199. The van der Waals surface area contributed by atoms with Crippen molar-refractivity contribution >= 4 is 27.9 Å². The summed E-state index contributed by atoms with van der Waals surface area (Å²) in [5, 5.41) is 0.309. The zero-order chi connectivity index (χ0) is 17.0. The Morgan fingerprint density at radius 3 is 2.58 bits per heavy atom. The van der Waals surface area contributed by atoms with Crippen LogP contribution >= 0.6 is 0 Å². The minimum atomic E-state index is -0.448. The number of nitrogens with zero attached hydrogens (tertiary/aromatic N) is 4. The highest BCUT2D eigenvalue weighted by Gasteiger charge is 2.16. The normalized spacial score (nSPS) is 11.4. The molecule has 1 aromatic carbocycles. The Labute approximate surface area is 135 Å². The number of hydrogen-bond donors (Lipinski definition) is 2. The standard InChI is InChI=1S/C16H14N6O2/c1-21-14-9(15(23)22(2)16(21)24)7-8(12(17)20-14)13-18-10-5-3-4-6-11(10)19-13/h3-7H,1-2H3,(H2,17,20)(H,18,19). The minimum Gasteiger partial charge on any atom is -0.383 e. The van der Waals surface area contributed by atoms with Crippen molar-refractivity contribution in [3.63, 3.8) is 0 Å². The molecule has 0 bridgehead atoms. The number of H-pyrrole nitrogens is 1. The number of anilines is 1. The number of fused-ring (bicyclic) bond motifs is 2. The lowest BCUT2D eigenvalue weighted by Gasteiger charge is -2.09. The van der Waals surface area contributed by atoms with Crippen molar-refractivity contribution < 1.29 is 0 Å². The molecule has 0 saturated carbocycles. The van der Waals surface area contributed by atoms with Crippen molar-refractivity contribution in [2.75, 3.05) is 5.73 Å². The summed E-state index contributed by atoms with van der Waals surface area (Å²) in [6, 6.07) is 9.19. The SMILES string of the molecule is Cn1c(=O)c2cc(-c3nc4ccccc4[nH]3)c(N)nc2n(C)c1=O. The molecule has 0 unspecified atom stereocenters. The van der Waals surface area contributed by atoms with E-state index in [0.29, 0.717) is 16.8 Å². The molecule has 4 aromatic rings. The van der Waals surface area contributed by atoms with Crippen LogP contribution in [-0.2, 0) is 14.1 Å². The van der Waals surface area contributed by atoms with Crippen LogP contribution in [0.5, 0.6) is 0 Å². The number of rotatable bonds is 1. The molecule has 24 heavy (non-hydrogen) atoms. The van der Waals surface area contributed by atoms with Gasteiger partial charge in [0, 0.05) is 14.1 Å².